The second-order valence-corrected chi connectivity index (χ2v) is 7.31. The molecule has 2 atom stereocenters. The van der Waals surface area contributed by atoms with Crippen LogP contribution in [0.2, 0.25) is 0 Å². The van der Waals surface area contributed by atoms with Crippen LogP contribution in [0.15, 0.2) is 4.99 Å². The molecule has 0 saturated carbocycles. The first-order chi connectivity index (χ1) is 9.16. The van der Waals surface area contributed by atoms with E-state index >= 15 is 0 Å². The minimum atomic E-state index is 0.592. The molecule has 4 heteroatoms. The van der Waals surface area contributed by atoms with Crippen LogP contribution in [0.25, 0.3) is 0 Å². The molecule has 3 nitrogen and oxygen atoms in total. The maximum atomic E-state index is 4.82. The van der Waals surface area contributed by atoms with Crippen molar-refractivity contribution < 1.29 is 0 Å². The maximum Gasteiger partial charge on any atom is 0.156 e. The minimum absolute atomic E-state index is 0.592. The van der Waals surface area contributed by atoms with Gasteiger partial charge in [-0.15, -0.1) is 0 Å². The normalized spacial score (nSPS) is 29.5. The zero-order valence-corrected chi connectivity index (χ0v) is 13.5. The van der Waals surface area contributed by atoms with Crippen molar-refractivity contribution in [3.05, 3.63) is 0 Å². The van der Waals surface area contributed by atoms with E-state index in [1.807, 2.05) is 11.8 Å². The Balaban J connectivity index is 1.80. The van der Waals surface area contributed by atoms with Crippen molar-refractivity contribution in [2.24, 2.45) is 10.9 Å². The molecule has 0 bridgehead atoms. The third kappa shape index (κ3) is 4.67. The number of nitrogens with one attached hydrogen (secondary N) is 1. The van der Waals surface area contributed by atoms with Crippen LogP contribution in [-0.4, -0.2) is 47.5 Å². The Bertz CT molecular complexity index is 298. The Morgan fingerprint density at radius 3 is 2.68 bits per heavy atom. The maximum absolute atomic E-state index is 4.82. The second-order valence-electron chi connectivity index (χ2n) is 6.22. The summed E-state index contributed by atoms with van der Waals surface area (Å²) >= 11 is 1.89. The third-order valence-corrected chi connectivity index (χ3v) is 5.25. The van der Waals surface area contributed by atoms with E-state index in [0.29, 0.717) is 18.0 Å². The summed E-state index contributed by atoms with van der Waals surface area (Å²) in [7, 11) is 0. The Kier molecular flexibility index (Phi) is 6.02. The molecule has 2 aliphatic rings. The van der Waals surface area contributed by atoms with E-state index in [-0.39, 0.29) is 0 Å². The molecule has 2 rings (SSSR count). The fraction of sp³-hybridized carbons (Fsp3) is 0.933. The number of thioether (sulfide) groups is 1. The summed E-state index contributed by atoms with van der Waals surface area (Å²) in [5.41, 5.74) is 0. The van der Waals surface area contributed by atoms with Gasteiger partial charge in [-0.1, -0.05) is 32.0 Å². The fourth-order valence-electron chi connectivity index (χ4n) is 2.84. The van der Waals surface area contributed by atoms with E-state index in [9.17, 15) is 0 Å². The lowest BCUT2D eigenvalue weighted by molar-refractivity contribution is 0.178. The minimum Gasteiger partial charge on any atom is -0.362 e. The lowest BCUT2D eigenvalue weighted by atomic mass is 10.0. The van der Waals surface area contributed by atoms with Crippen LogP contribution in [0.5, 0.6) is 0 Å². The quantitative estimate of drug-likeness (QED) is 0.859. The summed E-state index contributed by atoms with van der Waals surface area (Å²) in [6.45, 7) is 10.4. The predicted octanol–water partition coefficient (Wildman–Crippen LogP) is 2.97. The molecule has 2 saturated heterocycles. The van der Waals surface area contributed by atoms with Crippen LogP contribution < -0.4 is 5.32 Å². The SMILES string of the molecule is CC(C)C1CCSC(=NCC(C)N2CCCCC2)N1. The summed E-state index contributed by atoms with van der Waals surface area (Å²) in [6, 6.07) is 1.21. The molecule has 0 amide bonds. The average molecular weight is 283 g/mol. The first kappa shape index (κ1) is 15.2. The Labute approximate surface area is 122 Å². The number of hydrogen-bond donors (Lipinski definition) is 1. The van der Waals surface area contributed by atoms with Crippen molar-refractivity contribution in [2.45, 2.75) is 58.5 Å². The molecule has 2 aliphatic heterocycles. The molecule has 110 valence electrons. The van der Waals surface area contributed by atoms with Crippen LogP contribution in [0, 0.1) is 5.92 Å². The molecule has 0 aromatic carbocycles. The number of hydrogen-bond acceptors (Lipinski definition) is 3. The summed E-state index contributed by atoms with van der Waals surface area (Å²) in [5, 5.41) is 4.78. The zero-order chi connectivity index (χ0) is 13.7. The lowest BCUT2D eigenvalue weighted by Crippen LogP contribution is -2.42. The monoisotopic (exact) mass is 283 g/mol. The molecule has 2 fully saturated rings. The molecule has 0 aromatic rings. The van der Waals surface area contributed by atoms with Gasteiger partial charge in [0.2, 0.25) is 0 Å². The van der Waals surface area contributed by atoms with E-state index in [1.165, 1.54) is 49.7 Å². The van der Waals surface area contributed by atoms with Crippen LogP contribution in [-0.2, 0) is 0 Å². The first-order valence-corrected chi connectivity index (χ1v) is 8.83. The van der Waals surface area contributed by atoms with Crippen LogP contribution in [0.3, 0.4) is 0 Å². The van der Waals surface area contributed by atoms with Crippen LogP contribution in [0.4, 0.5) is 0 Å². The fourth-order valence-corrected chi connectivity index (χ4v) is 3.80. The van der Waals surface area contributed by atoms with Crippen molar-refractivity contribution >= 4 is 16.9 Å². The average Bonchev–Trinajstić information content (AvgIpc) is 2.46. The van der Waals surface area contributed by atoms with E-state index in [0.717, 1.165) is 6.54 Å². The lowest BCUT2D eigenvalue weighted by Gasteiger charge is -2.32. The number of nitrogens with zero attached hydrogens (tertiary/aromatic N) is 2. The van der Waals surface area contributed by atoms with Crippen molar-refractivity contribution in [2.75, 3.05) is 25.4 Å². The molecule has 0 spiro atoms. The van der Waals surface area contributed by atoms with Gasteiger partial charge in [0.15, 0.2) is 5.17 Å². The number of rotatable bonds is 4. The largest absolute Gasteiger partial charge is 0.362 e. The van der Waals surface area contributed by atoms with Crippen LogP contribution >= 0.6 is 11.8 Å². The molecule has 0 aromatic heterocycles. The van der Waals surface area contributed by atoms with E-state index in [2.05, 4.69) is 31.0 Å². The number of piperidine rings is 1. The van der Waals surface area contributed by atoms with Gasteiger partial charge >= 0.3 is 0 Å². The molecule has 2 unspecified atom stereocenters. The highest BCUT2D eigenvalue weighted by Gasteiger charge is 2.21. The topological polar surface area (TPSA) is 27.6 Å². The van der Waals surface area contributed by atoms with E-state index in [4.69, 9.17) is 4.99 Å². The smallest absolute Gasteiger partial charge is 0.156 e. The predicted molar refractivity (Wildman–Crippen MR) is 86.0 cm³/mol. The molecule has 2 heterocycles. The van der Waals surface area contributed by atoms with Gasteiger partial charge in [-0.2, -0.15) is 0 Å². The van der Waals surface area contributed by atoms with Gasteiger partial charge in [-0.3, -0.25) is 9.89 Å². The van der Waals surface area contributed by atoms with Crippen molar-refractivity contribution in [1.29, 1.82) is 0 Å². The van der Waals surface area contributed by atoms with Crippen molar-refractivity contribution in [3.8, 4) is 0 Å². The molecule has 0 aliphatic carbocycles. The number of likely N-dealkylation sites (tertiary alicyclic amines) is 1. The molecular weight excluding hydrogens is 254 g/mol. The van der Waals surface area contributed by atoms with Gasteiger partial charge in [0.25, 0.3) is 0 Å². The summed E-state index contributed by atoms with van der Waals surface area (Å²) in [4.78, 5) is 7.42. The number of amidine groups is 1. The van der Waals surface area contributed by atoms with Gasteiger partial charge in [0, 0.05) is 17.8 Å². The van der Waals surface area contributed by atoms with Gasteiger partial charge < -0.3 is 5.32 Å². The molecular formula is C15H29N3S. The summed E-state index contributed by atoms with van der Waals surface area (Å²) in [6.07, 6.45) is 5.40. The standard InChI is InChI=1S/C15H29N3S/c1-12(2)14-7-10-19-15(17-14)16-11-13(3)18-8-5-4-6-9-18/h12-14H,4-11H2,1-3H3,(H,16,17). The Morgan fingerprint density at radius 2 is 2.00 bits per heavy atom. The second kappa shape index (κ2) is 7.53. The van der Waals surface area contributed by atoms with E-state index in [1.54, 1.807) is 0 Å². The highest BCUT2D eigenvalue weighted by atomic mass is 32.2. The van der Waals surface area contributed by atoms with Gasteiger partial charge in [0.05, 0.1) is 6.54 Å². The third-order valence-electron chi connectivity index (χ3n) is 4.29. The molecule has 0 radical (unpaired) electrons. The Morgan fingerprint density at radius 1 is 1.26 bits per heavy atom. The number of aliphatic imine (C=N–C) groups is 1. The van der Waals surface area contributed by atoms with Crippen LogP contribution in [0.1, 0.15) is 46.5 Å². The summed E-state index contributed by atoms with van der Waals surface area (Å²) < 4.78 is 0. The highest BCUT2D eigenvalue weighted by Crippen LogP contribution is 2.19. The van der Waals surface area contributed by atoms with Crippen molar-refractivity contribution in [3.63, 3.8) is 0 Å². The Hall–Kier alpha value is -0.220. The van der Waals surface area contributed by atoms with Crippen molar-refractivity contribution in [1.82, 2.24) is 10.2 Å². The summed E-state index contributed by atoms with van der Waals surface area (Å²) in [5.74, 6) is 1.91. The highest BCUT2D eigenvalue weighted by molar-refractivity contribution is 8.13. The molecule has 19 heavy (non-hydrogen) atoms. The van der Waals surface area contributed by atoms with Gasteiger partial charge in [-0.05, 0) is 45.2 Å². The van der Waals surface area contributed by atoms with Gasteiger partial charge in [-0.25, -0.2) is 0 Å². The molecule has 1 N–H and O–H groups in total. The zero-order valence-electron chi connectivity index (χ0n) is 12.7. The van der Waals surface area contributed by atoms with E-state index < -0.39 is 0 Å². The van der Waals surface area contributed by atoms with Gasteiger partial charge in [0.1, 0.15) is 0 Å². The first-order valence-electron chi connectivity index (χ1n) is 7.84.